The Hall–Kier alpha value is -3.39. The predicted octanol–water partition coefficient (Wildman–Crippen LogP) is 3.23. The van der Waals surface area contributed by atoms with Gasteiger partial charge in [-0.25, -0.2) is 14.5 Å². The minimum absolute atomic E-state index is 0.280. The van der Waals surface area contributed by atoms with E-state index in [4.69, 9.17) is 11.5 Å². The first kappa shape index (κ1) is 17.7. The molecule has 0 saturated heterocycles. The zero-order valence-corrected chi connectivity index (χ0v) is 16.1. The summed E-state index contributed by atoms with van der Waals surface area (Å²) in [5.74, 6) is 0.880. The maximum Gasteiger partial charge on any atom is 0.177 e. The molecule has 1 saturated carbocycles. The van der Waals surface area contributed by atoms with Crippen molar-refractivity contribution in [3.63, 3.8) is 0 Å². The molecule has 5 N–H and O–H groups in total. The number of hydrogen-bond acceptors (Lipinski definition) is 6. The minimum atomic E-state index is 0.280. The first-order valence-electron chi connectivity index (χ1n) is 9.93. The van der Waals surface area contributed by atoms with E-state index in [1.165, 1.54) is 0 Å². The van der Waals surface area contributed by atoms with Crippen LogP contribution in [0.25, 0.3) is 11.3 Å². The number of rotatable bonds is 4. The molecule has 0 atom stereocenters. The summed E-state index contributed by atoms with van der Waals surface area (Å²) in [4.78, 5) is 8.63. The molecule has 8 nitrogen and oxygen atoms in total. The average molecular weight is 388 g/mol. The molecule has 1 aromatic carbocycles. The molecule has 3 heterocycles. The van der Waals surface area contributed by atoms with Crippen LogP contribution in [0, 0.1) is 0 Å². The molecule has 1 fully saturated rings. The molecule has 148 valence electrons. The van der Waals surface area contributed by atoms with E-state index in [0.29, 0.717) is 11.7 Å². The molecule has 0 unspecified atom stereocenters. The van der Waals surface area contributed by atoms with E-state index in [2.05, 4.69) is 32.5 Å². The molecule has 0 spiro atoms. The van der Waals surface area contributed by atoms with Gasteiger partial charge in [0.1, 0.15) is 5.82 Å². The lowest BCUT2D eigenvalue weighted by molar-refractivity contribution is 0.396. The molecule has 1 aliphatic rings. The smallest absolute Gasteiger partial charge is 0.177 e. The van der Waals surface area contributed by atoms with E-state index in [1.807, 2.05) is 29.1 Å². The predicted molar refractivity (Wildman–Crippen MR) is 113 cm³/mol. The van der Waals surface area contributed by atoms with Crippen LogP contribution in [0.2, 0.25) is 0 Å². The Kier molecular flexibility index (Phi) is 4.40. The van der Waals surface area contributed by atoms with Gasteiger partial charge in [-0.15, -0.1) is 5.10 Å². The van der Waals surface area contributed by atoms with Gasteiger partial charge in [-0.2, -0.15) is 0 Å². The lowest BCUT2D eigenvalue weighted by Crippen LogP contribution is -2.26. The Morgan fingerprint density at radius 3 is 2.52 bits per heavy atom. The van der Waals surface area contributed by atoms with E-state index in [0.717, 1.165) is 54.0 Å². The Bertz CT molecular complexity index is 1110. The number of aromatic nitrogens is 5. The number of anilines is 3. The summed E-state index contributed by atoms with van der Waals surface area (Å²) in [5.41, 5.74) is 17.3. The number of hydrogen-bond donors (Lipinski definition) is 3. The number of imidazole rings is 2. The summed E-state index contributed by atoms with van der Waals surface area (Å²) in [6, 6.07) is 8.48. The number of nitrogens with one attached hydrogen (secondary N) is 1. The lowest BCUT2D eigenvalue weighted by atomic mass is 9.81. The third-order valence-electron chi connectivity index (χ3n) is 5.73. The van der Waals surface area contributed by atoms with Gasteiger partial charge in [-0.1, -0.05) is 0 Å². The zero-order chi connectivity index (χ0) is 19.8. The van der Waals surface area contributed by atoms with E-state index < -0.39 is 0 Å². The van der Waals surface area contributed by atoms with Crippen molar-refractivity contribution >= 4 is 22.8 Å². The minimum Gasteiger partial charge on any atom is -0.382 e. The molecular weight excluding hydrogens is 364 g/mol. The van der Waals surface area contributed by atoms with E-state index >= 15 is 0 Å². The third-order valence-corrected chi connectivity index (χ3v) is 5.73. The Morgan fingerprint density at radius 2 is 1.79 bits per heavy atom. The van der Waals surface area contributed by atoms with Crippen LogP contribution in [0.15, 0.2) is 55.4 Å². The summed E-state index contributed by atoms with van der Waals surface area (Å²) in [7, 11) is 0. The van der Waals surface area contributed by atoms with Crippen LogP contribution < -0.4 is 16.8 Å². The quantitative estimate of drug-likeness (QED) is 0.495. The van der Waals surface area contributed by atoms with Gasteiger partial charge in [0.25, 0.3) is 0 Å². The standard InChI is InChI=1S/C21H24N8/c22-15-3-1-14(2-4-15)18-19(21-25-10-12-29(21)27-20(18)23)26-16-5-7-17(8-6-16)28-11-9-24-13-28/h5-15,26H,1-4,22H2,(H2,23,27). The fraction of sp³-hybridized carbons (Fsp3) is 0.286. The summed E-state index contributed by atoms with van der Waals surface area (Å²) in [6.07, 6.45) is 13.1. The highest BCUT2D eigenvalue weighted by Crippen LogP contribution is 2.41. The van der Waals surface area contributed by atoms with Crippen molar-refractivity contribution < 1.29 is 0 Å². The topological polar surface area (TPSA) is 112 Å². The molecule has 5 rings (SSSR count). The van der Waals surface area contributed by atoms with Crippen molar-refractivity contribution in [1.29, 1.82) is 0 Å². The van der Waals surface area contributed by atoms with Crippen molar-refractivity contribution in [3.05, 3.63) is 60.9 Å². The van der Waals surface area contributed by atoms with Gasteiger partial charge < -0.3 is 21.4 Å². The Labute approximate surface area is 168 Å². The van der Waals surface area contributed by atoms with Gasteiger partial charge in [0, 0.05) is 47.8 Å². The largest absolute Gasteiger partial charge is 0.382 e. The van der Waals surface area contributed by atoms with E-state index in [9.17, 15) is 0 Å². The van der Waals surface area contributed by atoms with Gasteiger partial charge in [0.05, 0.1) is 12.0 Å². The third kappa shape index (κ3) is 3.31. The highest BCUT2D eigenvalue weighted by molar-refractivity contribution is 5.80. The second kappa shape index (κ2) is 7.21. The highest BCUT2D eigenvalue weighted by Gasteiger charge is 2.27. The molecular formula is C21H24N8. The second-order valence-electron chi connectivity index (χ2n) is 7.62. The van der Waals surface area contributed by atoms with Crippen LogP contribution in [-0.2, 0) is 0 Å². The van der Waals surface area contributed by atoms with E-state index in [1.54, 1.807) is 23.2 Å². The van der Waals surface area contributed by atoms with Crippen molar-refractivity contribution in [2.75, 3.05) is 11.1 Å². The van der Waals surface area contributed by atoms with Crippen LogP contribution in [0.5, 0.6) is 0 Å². The summed E-state index contributed by atoms with van der Waals surface area (Å²) >= 11 is 0. The first-order chi connectivity index (χ1) is 14.2. The van der Waals surface area contributed by atoms with Crippen molar-refractivity contribution in [2.45, 2.75) is 37.6 Å². The number of benzene rings is 1. The molecule has 29 heavy (non-hydrogen) atoms. The van der Waals surface area contributed by atoms with Crippen LogP contribution in [0.3, 0.4) is 0 Å². The Morgan fingerprint density at radius 1 is 1.00 bits per heavy atom. The summed E-state index contributed by atoms with van der Waals surface area (Å²) in [6.45, 7) is 0. The van der Waals surface area contributed by atoms with Crippen molar-refractivity contribution in [3.8, 4) is 5.69 Å². The van der Waals surface area contributed by atoms with Gasteiger partial charge in [-0.3, -0.25) is 0 Å². The second-order valence-corrected chi connectivity index (χ2v) is 7.62. The highest BCUT2D eigenvalue weighted by atomic mass is 15.3. The molecule has 0 bridgehead atoms. The SMILES string of the molecule is Nc1nn2ccnc2c(Nc2ccc(-n3ccnc3)cc2)c1C1CCC(N)CC1. The van der Waals surface area contributed by atoms with Crippen molar-refractivity contribution in [2.24, 2.45) is 5.73 Å². The number of nitrogens with two attached hydrogens (primary N) is 2. The first-order valence-corrected chi connectivity index (χ1v) is 9.93. The lowest BCUT2D eigenvalue weighted by Gasteiger charge is -2.28. The fourth-order valence-electron chi connectivity index (χ4n) is 4.19. The average Bonchev–Trinajstić information content (AvgIpc) is 3.42. The number of nitrogens with zero attached hydrogens (tertiary/aromatic N) is 5. The maximum atomic E-state index is 6.41. The van der Waals surface area contributed by atoms with Crippen molar-refractivity contribution in [1.82, 2.24) is 24.1 Å². The summed E-state index contributed by atoms with van der Waals surface area (Å²) in [5, 5.41) is 8.09. The summed E-state index contributed by atoms with van der Waals surface area (Å²) < 4.78 is 3.70. The van der Waals surface area contributed by atoms with Crippen LogP contribution >= 0.6 is 0 Å². The molecule has 4 aromatic rings. The van der Waals surface area contributed by atoms with Crippen LogP contribution in [0.1, 0.15) is 37.2 Å². The van der Waals surface area contributed by atoms with Crippen LogP contribution in [0.4, 0.5) is 17.2 Å². The van der Waals surface area contributed by atoms with Crippen LogP contribution in [-0.4, -0.2) is 30.2 Å². The molecule has 0 amide bonds. The van der Waals surface area contributed by atoms with Gasteiger partial charge in [-0.05, 0) is 55.9 Å². The normalized spacial score (nSPS) is 19.5. The zero-order valence-electron chi connectivity index (χ0n) is 16.1. The molecule has 1 aliphatic carbocycles. The molecule has 3 aromatic heterocycles. The molecule has 0 radical (unpaired) electrons. The maximum absolute atomic E-state index is 6.41. The van der Waals surface area contributed by atoms with Gasteiger partial charge in [0.2, 0.25) is 0 Å². The fourth-order valence-corrected chi connectivity index (χ4v) is 4.19. The number of nitrogen functional groups attached to an aromatic ring is 1. The van der Waals surface area contributed by atoms with Gasteiger partial charge >= 0.3 is 0 Å². The Balaban J connectivity index is 1.53. The number of fused-ring (bicyclic) bond motifs is 1. The molecule has 0 aliphatic heterocycles. The monoisotopic (exact) mass is 388 g/mol. The van der Waals surface area contributed by atoms with E-state index in [-0.39, 0.29) is 6.04 Å². The molecule has 8 heteroatoms. The van der Waals surface area contributed by atoms with Gasteiger partial charge in [0.15, 0.2) is 5.65 Å².